The van der Waals surface area contributed by atoms with Crippen LogP contribution in [0.5, 0.6) is 23.0 Å². The highest BCUT2D eigenvalue weighted by Crippen LogP contribution is 2.39. The number of benzene rings is 2. The molecule has 0 aliphatic carbocycles. The van der Waals surface area contributed by atoms with E-state index in [1.54, 1.807) is 24.1 Å². The highest BCUT2D eigenvalue weighted by Gasteiger charge is 2.28. The van der Waals surface area contributed by atoms with Gasteiger partial charge in [-0.1, -0.05) is 0 Å². The molecule has 0 unspecified atom stereocenters. The molecule has 0 spiro atoms. The van der Waals surface area contributed by atoms with Crippen LogP contribution in [0.4, 0.5) is 5.13 Å². The third kappa shape index (κ3) is 4.95. The van der Waals surface area contributed by atoms with Crippen molar-refractivity contribution in [1.29, 1.82) is 0 Å². The van der Waals surface area contributed by atoms with Gasteiger partial charge >= 0.3 is 0 Å². The Kier molecular flexibility index (Phi) is 7.54. The Hall–Kier alpha value is -3.30. The molecule has 1 aromatic heterocycles. The number of hydrogen-bond acceptors (Lipinski definition) is 8. The van der Waals surface area contributed by atoms with Crippen molar-refractivity contribution in [3.63, 3.8) is 0 Å². The molecule has 0 bridgehead atoms. The molecule has 0 radical (unpaired) electrons. The maximum Gasteiger partial charge on any atom is 0.260 e. The van der Waals surface area contributed by atoms with Crippen LogP contribution in [-0.2, 0) is 4.74 Å². The van der Waals surface area contributed by atoms with Crippen molar-refractivity contribution in [3.05, 3.63) is 47.3 Å². The lowest BCUT2D eigenvalue weighted by molar-refractivity contribution is 0.0916. The monoisotopic (exact) mass is 484 g/mol. The summed E-state index contributed by atoms with van der Waals surface area (Å²) < 4.78 is 27.4. The Labute approximate surface area is 203 Å². The van der Waals surface area contributed by atoms with E-state index in [2.05, 4.69) is 0 Å². The number of hydrogen-bond donors (Lipinski definition) is 0. The van der Waals surface area contributed by atoms with Crippen LogP contribution in [0, 0.1) is 0 Å². The van der Waals surface area contributed by atoms with Gasteiger partial charge in [0.1, 0.15) is 5.75 Å². The lowest BCUT2D eigenvalue weighted by Crippen LogP contribution is -2.37. The highest BCUT2D eigenvalue weighted by molar-refractivity contribution is 7.14. The molecule has 2 heterocycles. The van der Waals surface area contributed by atoms with Crippen LogP contribution < -0.4 is 23.8 Å². The summed E-state index contributed by atoms with van der Waals surface area (Å²) in [5, 5.41) is 2.54. The summed E-state index contributed by atoms with van der Waals surface area (Å²) >= 11 is 1.42. The van der Waals surface area contributed by atoms with E-state index in [0.29, 0.717) is 41.1 Å². The molecule has 2 aromatic carbocycles. The minimum Gasteiger partial charge on any atom is -0.497 e. The summed E-state index contributed by atoms with van der Waals surface area (Å²) in [6.45, 7) is 1.11. The van der Waals surface area contributed by atoms with Gasteiger partial charge in [-0.25, -0.2) is 4.98 Å². The molecule has 8 nitrogen and oxygen atoms in total. The number of aromatic nitrogens is 1. The maximum absolute atomic E-state index is 13.8. The largest absolute Gasteiger partial charge is 0.497 e. The maximum atomic E-state index is 13.8. The van der Waals surface area contributed by atoms with Crippen molar-refractivity contribution >= 4 is 22.4 Å². The van der Waals surface area contributed by atoms with E-state index in [1.807, 2.05) is 29.6 Å². The lowest BCUT2D eigenvalue weighted by atomic mass is 10.1. The van der Waals surface area contributed by atoms with Gasteiger partial charge in [0.2, 0.25) is 5.75 Å². The number of anilines is 1. The van der Waals surface area contributed by atoms with E-state index in [0.717, 1.165) is 29.8 Å². The highest BCUT2D eigenvalue weighted by atomic mass is 32.1. The van der Waals surface area contributed by atoms with Gasteiger partial charge in [-0.15, -0.1) is 11.3 Å². The predicted molar refractivity (Wildman–Crippen MR) is 131 cm³/mol. The molecule has 1 fully saturated rings. The Balaban J connectivity index is 1.69. The summed E-state index contributed by atoms with van der Waals surface area (Å²) in [6.07, 6.45) is 1.83. The first-order valence-electron chi connectivity index (χ1n) is 10.9. The number of nitrogens with zero attached hydrogens (tertiary/aromatic N) is 2. The zero-order valence-electron chi connectivity index (χ0n) is 19.7. The van der Waals surface area contributed by atoms with Crippen molar-refractivity contribution < 1.29 is 28.5 Å². The van der Waals surface area contributed by atoms with Gasteiger partial charge in [0.25, 0.3) is 5.91 Å². The zero-order chi connectivity index (χ0) is 24.1. The van der Waals surface area contributed by atoms with Crippen molar-refractivity contribution in [2.45, 2.75) is 18.9 Å². The number of carbonyl (C=O) groups excluding carboxylic acids is 1. The summed E-state index contributed by atoms with van der Waals surface area (Å²) in [5.74, 6) is 1.83. The van der Waals surface area contributed by atoms with E-state index in [1.165, 1.54) is 32.7 Å². The molecule has 0 N–H and O–H groups in total. The van der Waals surface area contributed by atoms with Crippen molar-refractivity contribution in [3.8, 4) is 34.3 Å². The summed E-state index contributed by atoms with van der Waals surface area (Å²) in [5.41, 5.74) is 2.15. The van der Waals surface area contributed by atoms with Gasteiger partial charge in [0.15, 0.2) is 16.6 Å². The van der Waals surface area contributed by atoms with Gasteiger partial charge < -0.3 is 23.7 Å². The molecule has 4 rings (SSSR count). The van der Waals surface area contributed by atoms with Crippen LogP contribution >= 0.6 is 11.3 Å². The lowest BCUT2D eigenvalue weighted by Gasteiger charge is -2.24. The molecule has 0 saturated carbocycles. The SMILES string of the molecule is COc1ccc(-c2csc(N(C[C@@H]3CCCO3)C(=O)c3cc(OC)c(OC)c(OC)c3)n2)cc1. The Morgan fingerprint density at radius 3 is 2.32 bits per heavy atom. The number of ether oxygens (including phenoxy) is 5. The Morgan fingerprint density at radius 1 is 1.06 bits per heavy atom. The van der Waals surface area contributed by atoms with E-state index in [9.17, 15) is 4.79 Å². The molecule has 1 saturated heterocycles. The molecule has 1 amide bonds. The summed E-state index contributed by atoms with van der Waals surface area (Å²) in [7, 11) is 6.21. The number of rotatable bonds is 9. The van der Waals surface area contributed by atoms with Crippen LogP contribution in [0.2, 0.25) is 0 Å². The van der Waals surface area contributed by atoms with Crippen molar-refractivity contribution in [1.82, 2.24) is 4.98 Å². The summed E-state index contributed by atoms with van der Waals surface area (Å²) in [6, 6.07) is 11.0. The molecule has 34 heavy (non-hydrogen) atoms. The van der Waals surface area contributed by atoms with E-state index in [-0.39, 0.29) is 12.0 Å². The normalized spacial score (nSPS) is 15.1. The third-order valence-corrected chi connectivity index (χ3v) is 6.54. The average Bonchev–Trinajstić information content (AvgIpc) is 3.58. The topological polar surface area (TPSA) is 79.4 Å². The van der Waals surface area contributed by atoms with Crippen LogP contribution in [0.15, 0.2) is 41.8 Å². The van der Waals surface area contributed by atoms with Gasteiger partial charge in [-0.2, -0.15) is 0 Å². The predicted octanol–water partition coefficient (Wildman–Crippen LogP) is 4.67. The van der Waals surface area contributed by atoms with Gasteiger partial charge in [0.05, 0.1) is 46.8 Å². The number of thiazole rings is 1. The standard InChI is InChI=1S/C25H28N2O6S/c1-29-18-9-7-16(8-10-18)20-15-34-25(26-20)27(14-19-6-5-11-33-19)24(28)17-12-21(30-2)23(32-4)22(13-17)31-3/h7-10,12-13,15,19H,5-6,11,14H2,1-4H3/t19-/m0/s1. The molecule has 1 aliphatic rings. The molecule has 3 aromatic rings. The fourth-order valence-corrected chi connectivity index (χ4v) is 4.72. The zero-order valence-corrected chi connectivity index (χ0v) is 20.5. The van der Waals surface area contributed by atoms with Gasteiger partial charge in [-0.05, 0) is 49.2 Å². The third-order valence-electron chi connectivity index (χ3n) is 5.68. The average molecular weight is 485 g/mol. The number of carbonyl (C=O) groups is 1. The van der Waals surface area contributed by atoms with Crippen LogP contribution in [0.25, 0.3) is 11.3 Å². The summed E-state index contributed by atoms with van der Waals surface area (Å²) in [4.78, 5) is 20.2. The molecule has 1 aliphatic heterocycles. The molecule has 9 heteroatoms. The van der Waals surface area contributed by atoms with Crippen molar-refractivity contribution in [2.75, 3.05) is 46.5 Å². The molecular formula is C25H28N2O6S. The second-order valence-corrected chi connectivity index (χ2v) is 8.55. The second kappa shape index (κ2) is 10.8. The van der Waals surface area contributed by atoms with E-state index >= 15 is 0 Å². The molecule has 180 valence electrons. The first-order chi connectivity index (χ1) is 16.6. The Bertz CT molecular complexity index is 1100. The van der Waals surface area contributed by atoms with Gasteiger partial charge in [0, 0.05) is 23.1 Å². The van der Waals surface area contributed by atoms with E-state index < -0.39 is 0 Å². The molecule has 1 atom stereocenters. The minimum absolute atomic E-state index is 0.0423. The fraction of sp³-hybridized carbons (Fsp3) is 0.360. The van der Waals surface area contributed by atoms with Crippen LogP contribution in [-0.4, -0.2) is 58.6 Å². The first kappa shape index (κ1) is 23.8. The second-order valence-electron chi connectivity index (χ2n) is 7.71. The van der Waals surface area contributed by atoms with Gasteiger partial charge in [-0.3, -0.25) is 9.69 Å². The number of methoxy groups -OCH3 is 4. The quantitative estimate of drug-likeness (QED) is 0.437. The molecular weight excluding hydrogens is 456 g/mol. The van der Waals surface area contributed by atoms with Crippen LogP contribution in [0.3, 0.4) is 0 Å². The smallest absolute Gasteiger partial charge is 0.260 e. The Morgan fingerprint density at radius 2 is 1.76 bits per heavy atom. The van der Waals surface area contributed by atoms with Crippen molar-refractivity contribution in [2.24, 2.45) is 0 Å². The first-order valence-corrected chi connectivity index (χ1v) is 11.8. The number of amides is 1. The minimum atomic E-state index is -0.217. The fourth-order valence-electron chi connectivity index (χ4n) is 3.88. The van der Waals surface area contributed by atoms with Crippen LogP contribution in [0.1, 0.15) is 23.2 Å². The van der Waals surface area contributed by atoms with E-state index in [4.69, 9.17) is 28.7 Å².